The third-order valence-electron chi connectivity index (χ3n) is 4.48. The van der Waals surface area contributed by atoms with Crippen LogP contribution in [0.25, 0.3) is 0 Å². The third kappa shape index (κ3) is 4.21. The van der Waals surface area contributed by atoms with Gasteiger partial charge in [-0.3, -0.25) is 4.90 Å². The van der Waals surface area contributed by atoms with Crippen molar-refractivity contribution in [2.75, 3.05) is 51.3 Å². The molecule has 0 bridgehead atoms. The third-order valence-corrected chi connectivity index (χ3v) is 4.48. The lowest BCUT2D eigenvalue weighted by molar-refractivity contribution is 0.144. The molecule has 3 nitrogen and oxygen atoms in total. The molecule has 0 spiro atoms. The zero-order valence-electron chi connectivity index (χ0n) is 14.1. The Hall–Kier alpha value is -1.06. The van der Waals surface area contributed by atoms with Crippen molar-refractivity contribution in [3.05, 3.63) is 29.3 Å². The molecule has 0 aliphatic carbocycles. The van der Waals surface area contributed by atoms with E-state index in [1.165, 1.54) is 16.8 Å². The average molecular weight is 290 g/mol. The molecule has 0 atom stereocenters. The second kappa shape index (κ2) is 7.81. The Morgan fingerprint density at radius 3 is 2.43 bits per heavy atom. The van der Waals surface area contributed by atoms with E-state index in [1.54, 1.807) is 7.11 Å². The molecular formula is C18H30N2O. The van der Waals surface area contributed by atoms with Crippen LogP contribution in [0, 0.1) is 0 Å². The minimum atomic E-state index is 0.611. The quantitative estimate of drug-likeness (QED) is 0.800. The van der Waals surface area contributed by atoms with Crippen molar-refractivity contribution < 1.29 is 4.74 Å². The number of hydrogen-bond donors (Lipinski definition) is 0. The van der Waals surface area contributed by atoms with Crippen molar-refractivity contribution in [1.82, 2.24) is 4.90 Å². The van der Waals surface area contributed by atoms with Crippen LogP contribution < -0.4 is 4.90 Å². The Morgan fingerprint density at radius 2 is 1.86 bits per heavy atom. The van der Waals surface area contributed by atoms with E-state index in [4.69, 9.17) is 4.74 Å². The maximum Gasteiger partial charge on any atom is 0.0589 e. The van der Waals surface area contributed by atoms with Gasteiger partial charge >= 0.3 is 0 Å². The van der Waals surface area contributed by atoms with Crippen LogP contribution in [-0.4, -0.2) is 51.3 Å². The van der Waals surface area contributed by atoms with E-state index in [-0.39, 0.29) is 0 Å². The predicted molar refractivity (Wildman–Crippen MR) is 90.4 cm³/mol. The Morgan fingerprint density at radius 1 is 1.14 bits per heavy atom. The molecule has 1 saturated heterocycles. The first-order valence-corrected chi connectivity index (χ1v) is 8.24. The second-order valence-corrected chi connectivity index (χ2v) is 6.21. The summed E-state index contributed by atoms with van der Waals surface area (Å²) in [6.45, 7) is 13.2. The highest BCUT2D eigenvalue weighted by atomic mass is 16.5. The van der Waals surface area contributed by atoms with E-state index in [0.29, 0.717) is 5.92 Å². The number of rotatable bonds is 6. The summed E-state index contributed by atoms with van der Waals surface area (Å²) in [6, 6.07) is 7.04. The first-order valence-electron chi connectivity index (χ1n) is 8.24. The molecule has 1 aromatic rings. The summed E-state index contributed by atoms with van der Waals surface area (Å²) in [7, 11) is 1.78. The van der Waals surface area contributed by atoms with Gasteiger partial charge in [-0.2, -0.15) is 0 Å². The Bertz CT molecular complexity index is 437. The first kappa shape index (κ1) is 16.3. The van der Waals surface area contributed by atoms with Gasteiger partial charge in [-0.1, -0.05) is 26.8 Å². The fraction of sp³-hybridized carbons (Fsp3) is 0.667. The normalized spacial score (nSPS) is 16.7. The minimum Gasteiger partial charge on any atom is -0.383 e. The van der Waals surface area contributed by atoms with Crippen LogP contribution in [0.1, 0.15) is 37.8 Å². The molecule has 0 N–H and O–H groups in total. The zero-order chi connectivity index (χ0) is 15.2. The summed E-state index contributed by atoms with van der Waals surface area (Å²) in [6.07, 6.45) is 1.12. The molecule has 0 aromatic heterocycles. The highest BCUT2D eigenvalue weighted by Gasteiger charge is 2.17. The number of aryl methyl sites for hydroxylation is 1. The molecule has 0 amide bonds. The summed E-state index contributed by atoms with van der Waals surface area (Å²) < 4.78 is 5.17. The van der Waals surface area contributed by atoms with Crippen LogP contribution >= 0.6 is 0 Å². The molecule has 1 aliphatic heterocycles. The van der Waals surface area contributed by atoms with Crippen LogP contribution in [0.3, 0.4) is 0 Å². The fourth-order valence-corrected chi connectivity index (χ4v) is 3.11. The summed E-state index contributed by atoms with van der Waals surface area (Å²) >= 11 is 0. The van der Waals surface area contributed by atoms with E-state index < -0.39 is 0 Å². The van der Waals surface area contributed by atoms with E-state index in [1.807, 2.05) is 0 Å². The SMILES string of the molecule is CCc1cc(N2CCN(CCOC)CC2)ccc1C(C)C. The highest BCUT2D eigenvalue weighted by Crippen LogP contribution is 2.26. The number of methoxy groups -OCH3 is 1. The zero-order valence-corrected chi connectivity index (χ0v) is 14.1. The van der Waals surface area contributed by atoms with Crippen LogP contribution in [0.4, 0.5) is 5.69 Å². The average Bonchev–Trinajstić information content (AvgIpc) is 2.52. The summed E-state index contributed by atoms with van der Waals surface area (Å²) in [4.78, 5) is 5.01. The highest BCUT2D eigenvalue weighted by molar-refractivity contribution is 5.52. The van der Waals surface area contributed by atoms with Crippen LogP contribution in [-0.2, 0) is 11.2 Å². The molecule has 0 radical (unpaired) electrons. The monoisotopic (exact) mass is 290 g/mol. The lowest BCUT2D eigenvalue weighted by atomic mass is 9.95. The van der Waals surface area contributed by atoms with Gasteiger partial charge in [-0.05, 0) is 35.6 Å². The van der Waals surface area contributed by atoms with Gasteiger partial charge in [0.05, 0.1) is 6.61 Å². The predicted octanol–water partition coefficient (Wildman–Crippen LogP) is 3.14. The molecule has 0 saturated carbocycles. The molecule has 1 fully saturated rings. The molecule has 3 heteroatoms. The number of piperazine rings is 1. The van der Waals surface area contributed by atoms with Crippen molar-refractivity contribution in [1.29, 1.82) is 0 Å². The van der Waals surface area contributed by atoms with E-state index in [9.17, 15) is 0 Å². The number of benzene rings is 1. The molecule has 21 heavy (non-hydrogen) atoms. The smallest absolute Gasteiger partial charge is 0.0589 e. The fourth-order valence-electron chi connectivity index (χ4n) is 3.11. The van der Waals surface area contributed by atoms with Crippen molar-refractivity contribution in [2.24, 2.45) is 0 Å². The van der Waals surface area contributed by atoms with Crippen LogP contribution in [0.2, 0.25) is 0 Å². The maximum atomic E-state index is 5.17. The van der Waals surface area contributed by atoms with Gasteiger partial charge in [0.1, 0.15) is 0 Å². The Labute approximate surface area is 129 Å². The molecular weight excluding hydrogens is 260 g/mol. The largest absolute Gasteiger partial charge is 0.383 e. The van der Waals surface area contributed by atoms with Crippen LogP contribution in [0.15, 0.2) is 18.2 Å². The van der Waals surface area contributed by atoms with Gasteiger partial charge in [0, 0.05) is 45.5 Å². The van der Waals surface area contributed by atoms with Gasteiger partial charge in [-0.25, -0.2) is 0 Å². The molecule has 2 rings (SSSR count). The van der Waals surface area contributed by atoms with E-state index in [2.05, 4.69) is 48.8 Å². The summed E-state index contributed by atoms with van der Waals surface area (Å²) in [5.41, 5.74) is 4.40. The molecule has 118 valence electrons. The summed E-state index contributed by atoms with van der Waals surface area (Å²) in [5, 5.41) is 0. The maximum absolute atomic E-state index is 5.17. The van der Waals surface area contributed by atoms with Crippen molar-refractivity contribution in [3.63, 3.8) is 0 Å². The Balaban J connectivity index is 2.00. The van der Waals surface area contributed by atoms with Crippen molar-refractivity contribution in [2.45, 2.75) is 33.1 Å². The number of hydrogen-bond acceptors (Lipinski definition) is 3. The topological polar surface area (TPSA) is 15.7 Å². The number of ether oxygens (including phenoxy) is 1. The molecule has 1 aromatic carbocycles. The van der Waals surface area contributed by atoms with Gasteiger partial charge in [-0.15, -0.1) is 0 Å². The van der Waals surface area contributed by atoms with E-state index in [0.717, 1.165) is 45.8 Å². The van der Waals surface area contributed by atoms with Gasteiger partial charge in [0.2, 0.25) is 0 Å². The van der Waals surface area contributed by atoms with Crippen LogP contribution in [0.5, 0.6) is 0 Å². The summed E-state index contributed by atoms with van der Waals surface area (Å²) in [5.74, 6) is 0.611. The molecule has 0 unspecified atom stereocenters. The van der Waals surface area contributed by atoms with Gasteiger partial charge in [0.15, 0.2) is 0 Å². The number of nitrogens with zero attached hydrogens (tertiary/aromatic N) is 2. The molecule has 1 heterocycles. The van der Waals surface area contributed by atoms with Gasteiger partial charge in [0.25, 0.3) is 0 Å². The van der Waals surface area contributed by atoms with Gasteiger partial charge < -0.3 is 9.64 Å². The standard InChI is InChI=1S/C18H30N2O/c1-5-16-14-17(6-7-18(16)15(2)3)20-10-8-19(9-11-20)12-13-21-4/h6-7,14-15H,5,8-13H2,1-4H3. The molecule has 1 aliphatic rings. The van der Waals surface area contributed by atoms with Crippen molar-refractivity contribution >= 4 is 5.69 Å². The number of anilines is 1. The second-order valence-electron chi connectivity index (χ2n) is 6.21. The first-order chi connectivity index (χ1) is 10.2. The van der Waals surface area contributed by atoms with E-state index >= 15 is 0 Å². The lowest BCUT2D eigenvalue weighted by Gasteiger charge is -2.36. The lowest BCUT2D eigenvalue weighted by Crippen LogP contribution is -2.47. The van der Waals surface area contributed by atoms with Crippen molar-refractivity contribution in [3.8, 4) is 0 Å². The Kier molecular flexibility index (Phi) is 6.07. The minimum absolute atomic E-state index is 0.611.